The molecule has 1 amide bonds. The van der Waals surface area contributed by atoms with Crippen molar-refractivity contribution in [1.29, 1.82) is 0 Å². The van der Waals surface area contributed by atoms with Gasteiger partial charge >= 0.3 is 0 Å². The molecule has 0 spiro atoms. The van der Waals surface area contributed by atoms with E-state index < -0.39 is 16.1 Å². The smallest absolute Gasteiger partial charge is 0.253 e. The van der Waals surface area contributed by atoms with Crippen molar-refractivity contribution >= 4 is 15.9 Å². The molecule has 0 bridgehead atoms. The van der Waals surface area contributed by atoms with Crippen molar-refractivity contribution in [3.05, 3.63) is 35.9 Å². The van der Waals surface area contributed by atoms with Crippen LogP contribution in [0.25, 0.3) is 0 Å². The van der Waals surface area contributed by atoms with Crippen LogP contribution in [0.5, 0.6) is 0 Å². The molecule has 1 aliphatic carbocycles. The molecule has 6 nitrogen and oxygen atoms in total. The summed E-state index contributed by atoms with van der Waals surface area (Å²) in [6.45, 7) is 0.388. The Morgan fingerprint density at radius 2 is 1.87 bits per heavy atom. The van der Waals surface area contributed by atoms with Crippen molar-refractivity contribution in [1.82, 2.24) is 10.0 Å². The van der Waals surface area contributed by atoms with E-state index in [1.807, 2.05) is 30.3 Å². The van der Waals surface area contributed by atoms with Gasteiger partial charge in [-0.1, -0.05) is 43.2 Å². The van der Waals surface area contributed by atoms with Gasteiger partial charge in [0.05, 0.1) is 12.4 Å². The predicted octanol–water partition coefficient (Wildman–Crippen LogP) is 1.35. The fraction of sp³-hybridized carbons (Fsp3) is 0.562. The summed E-state index contributed by atoms with van der Waals surface area (Å²) in [5.74, 6) is -0.238. The van der Waals surface area contributed by atoms with Crippen molar-refractivity contribution in [2.24, 2.45) is 0 Å². The lowest BCUT2D eigenvalue weighted by Crippen LogP contribution is -2.38. The molecule has 7 heteroatoms. The zero-order chi connectivity index (χ0) is 16.7. The molecule has 0 saturated heterocycles. The van der Waals surface area contributed by atoms with Crippen LogP contribution in [0, 0.1) is 0 Å². The highest BCUT2D eigenvalue weighted by molar-refractivity contribution is 7.88. The maximum atomic E-state index is 12.4. The van der Waals surface area contributed by atoms with Gasteiger partial charge in [0.2, 0.25) is 10.0 Å². The predicted molar refractivity (Wildman–Crippen MR) is 88.4 cm³/mol. The van der Waals surface area contributed by atoms with Crippen molar-refractivity contribution in [2.75, 3.05) is 19.3 Å². The number of rotatable bonds is 8. The van der Waals surface area contributed by atoms with Gasteiger partial charge in [-0.25, -0.2) is 13.1 Å². The summed E-state index contributed by atoms with van der Waals surface area (Å²) in [5, 5.41) is 2.74. The van der Waals surface area contributed by atoms with Gasteiger partial charge in [0.25, 0.3) is 5.91 Å². The summed E-state index contributed by atoms with van der Waals surface area (Å²) in [6, 6.07) is 9.38. The largest absolute Gasteiger partial charge is 0.360 e. The highest BCUT2D eigenvalue weighted by Gasteiger charge is 2.26. The van der Waals surface area contributed by atoms with Crippen LogP contribution in [-0.4, -0.2) is 39.8 Å². The number of benzene rings is 1. The lowest BCUT2D eigenvalue weighted by molar-refractivity contribution is -0.137. The first-order chi connectivity index (χ1) is 11.0. The first-order valence-electron chi connectivity index (χ1n) is 7.88. The molecule has 0 aromatic heterocycles. The molecular weight excluding hydrogens is 316 g/mol. The minimum absolute atomic E-state index is 0.111. The second-order valence-electron chi connectivity index (χ2n) is 5.79. The van der Waals surface area contributed by atoms with E-state index in [0.717, 1.165) is 37.5 Å². The quantitative estimate of drug-likeness (QED) is 0.700. The van der Waals surface area contributed by atoms with Crippen molar-refractivity contribution in [2.45, 2.75) is 37.9 Å². The van der Waals surface area contributed by atoms with Crippen LogP contribution in [0.3, 0.4) is 0 Å². The molecule has 0 unspecified atom stereocenters. The molecule has 0 heterocycles. The Labute approximate surface area is 137 Å². The van der Waals surface area contributed by atoms with E-state index in [1.54, 1.807) is 0 Å². The number of sulfonamides is 1. The first-order valence-corrected chi connectivity index (χ1v) is 9.77. The number of amides is 1. The second kappa shape index (κ2) is 8.42. The number of nitrogens with one attached hydrogen (secondary N) is 2. The van der Waals surface area contributed by atoms with E-state index in [9.17, 15) is 13.2 Å². The molecule has 1 fully saturated rings. The Balaban J connectivity index is 1.94. The fourth-order valence-corrected chi connectivity index (χ4v) is 3.12. The Kier molecular flexibility index (Phi) is 6.56. The third kappa shape index (κ3) is 6.29. The SMILES string of the molecule is CS(=O)(=O)NCCNC(=O)[C@H](OC1CCCC1)c1ccccc1. The molecule has 2 rings (SSSR count). The van der Waals surface area contributed by atoms with Crippen molar-refractivity contribution in [3.8, 4) is 0 Å². The minimum atomic E-state index is -3.25. The number of carbonyl (C=O) groups excluding carboxylic acids is 1. The lowest BCUT2D eigenvalue weighted by atomic mass is 10.1. The van der Waals surface area contributed by atoms with Gasteiger partial charge in [0, 0.05) is 13.1 Å². The van der Waals surface area contributed by atoms with Crippen LogP contribution in [0.4, 0.5) is 0 Å². The zero-order valence-corrected chi connectivity index (χ0v) is 14.1. The third-order valence-corrected chi connectivity index (χ3v) is 4.49. The second-order valence-corrected chi connectivity index (χ2v) is 7.62. The van der Waals surface area contributed by atoms with Crippen molar-refractivity contribution < 1.29 is 17.9 Å². The molecule has 1 atom stereocenters. The summed E-state index contributed by atoms with van der Waals surface area (Å²) < 4.78 is 30.4. The summed E-state index contributed by atoms with van der Waals surface area (Å²) >= 11 is 0. The molecule has 0 radical (unpaired) electrons. The van der Waals surface area contributed by atoms with Gasteiger partial charge in [-0.05, 0) is 18.4 Å². The van der Waals surface area contributed by atoms with Gasteiger partial charge in [0.15, 0.2) is 6.10 Å². The molecule has 1 aliphatic rings. The van der Waals surface area contributed by atoms with Gasteiger partial charge in [-0.3, -0.25) is 4.79 Å². The molecule has 1 saturated carbocycles. The van der Waals surface area contributed by atoms with Gasteiger partial charge < -0.3 is 10.1 Å². The molecule has 0 aliphatic heterocycles. The standard InChI is InChI=1S/C16H24N2O4S/c1-23(20,21)18-12-11-17-16(19)15(13-7-3-2-4-8-13)22-14-9-5-6-10-14/h2-4,7-8,14-15,18H,5-6,9-12H2,1H3,(H,17,19)/t15-/m1/s1. The summed E-state index contributed by atoms with van der Waals surface area (Å²) in [5.41, 5.74) is 0.813. The van der Waals surface area contributed by atoms with Crippen LogP contribution < -0.4 is 10.0 Å². The molecule has 1 aromatic rings. The monoisotopic (exact) mass is 340 g/mol. The molecule has 23 heavy (non-hydrogen) atoms. The van der Waals surface area contributed by atoms with Crippen molar-refractivity contribution in [3.63, 3.8) is 0 Å². The molecule has 128 valence electrons. The normalized spacial score (nSPS) is 17.1. The molecule has 2 N–H and O–H groups in total. The van der Waals surface area contributed by atoms with E-state index in [1.165, 1.54) is 0 Å². The average molecular weight is 340 g/mol. The zero-order valence-electron chi connectivity index (χ0n) is 13.3. The molecular formula is C16H24N2O4S. The summed E-state index contributed by atoms with van der Waals surface area (Å²) in [4.78, 5) is 12.4. The minimum Gasteiger partial charge on any atom is -0.360 e. The number of hydrogen-bond donors (Lipinski definition) is 2. The Morgan fingerprint density at radius 1 is 1.22 bits per heavy atom. The summed E-state index contributed by atoms with van der Waals surface area (Å²) in [7, 11) is -3.25. The number of ether oxygens (including phenoxy) is 1. The van der Waals surface area contributed by atoms with Crippen LogP contribution in [0.15, 0.2) is 30.3 Å². The van der Waals surface area contributed by atoms with E-state index in [0.29, 0.717) is 0 Å². The Morgan fingerprint density at radius 3 is 2.48 bits per heavy atom. The van der Waals surface area contributed by atoms with Gasteiger partial charge in [0.1, 0.15) is 0 Å². The average Bonchev–Trinajstić information content (AvgIpc) is 3.02. The highest BCUT2D eigenvalue weighted by atomic mass is 32.2. The van der Waals surface area contributed by atoms with Crippen LogP contribution in [0.1, 0.15) is 37.4 Å². The van der Waals surface area contributed by atoms with E-state index in [2.05, 4.69) is 10.0 Å². The Bertz CT molecular complexity index is 598. The topological polar surface area (TPSA) is 84.5 Å². The molecule has 1 aromatic carbocycles. The van der Waals surface area contributed by atoms with Gasteiger partial charge in [-0.2, -0.15) is 0 Å². The number of carbonyl (C=O) groups is 1. The maximum absolute atomic E-state index is 12.4. The lowest BCUT2D eigenvalue weighted by Gasteiger charge is -2.22. The van der Waals surface area contributed by atoms with E-state index in [4.69, 9.17) is 4.74 Å². The first kappa shape index (κ1) is 17.9. The fourth-order valence-electron chi connectivity index (χ4n) is 2.65. The van der Waals surface area contributed by atoms with Gasteiger partial charge in [-0.15, -0.1) is 0 Å². The van der Waals surface area contributed by atoms with Crippen LogP contribution >= 0.6 is 0 Å². The summed E-state index contributed by atoms with van der Waals surface area (Å²) in [6.07, 6.45) is 4.76. The third-order valence-electron chi connectivity index (χ3n) is 3.76. The number of hydrogen-bond acceptors (Lipinski definition) is 4. The van der Waals surface area contributed by atoms with Crippen LogP contribution in [0.2, 0.25) is 0 Å². The van der Waals surface area contributed by atoms with Crippen LogP contribution in [-0.2, 0) is 19.6 Å². The Hall–Kier alpha value is -1.44. The highest BCUT2D eigenvalue weighted by Crippen LogP contribution is 2.27. The van der Waals surface area contributed by atoms with E-state index in [-0.39, 0.29) is 25.1 Å². The maximum Gasteiger partial charge on any atom is 0.253 e. The van der Waals surface area contributed by atoms with E-state index >= 15 is 0 Å².